The molecule has 7 nitrogen and oxygen atoms in total. The van der Waals surface area contributed by atoms with E-state index in [1.165, 1.54) is 4.68 Å². The van der Waals surface area contributed by atoms with Gasteiger partial charge in [-0.25, -0.2) is 9.48 Å². The highest BCUT2D eigenvalue weighted by Crippen LogP contribution is 2.09. The summed E-state index contributed by atoms with van der Waals surface area (Å²) in [6.45, 7) is 4.43. The lowest BCUT2D eigenvalue weighted by molar-refractivity contribution is -0.130. The minimum atomic E-state index is -1.11. The summed E-state index contributed by atoms with van der Waals surface area (Å²) in [5.74, 6) is -1.22. The number of aromatic carboxylic acids is 1. The minimum Gasteiger partial charge on any atom is -0.476 e. The summed E-state index contributed by atoms with van der Waals surface area (Å²) in [7, 11) is 1.69. The van der Waals surface area contributed by atoms with Gasteiger partial charge in [-0.05, 0) is 13.3 Å². The van der Waals surface area contributed by atoms with Crippen LogP contribution in [0.4, 0.5) is 0 Å². The van der Waals surface area contributed by atoms with Crippen LogP contribution in [-0.4, -0.2) is 50.5 Å². The number of carboxylic acid groups (broad SMARTS) is 1. The molecule has 1 aromatic rings. The largest absolute Gasteiger partial charge is 0.476 e. The van der Waals surface area contributed by atoms with Gasteiger partial charge in [0.25, 0.3) is 0 Å². The molecular weight excluding hydrogens is 236 g/mol. The molecule has 0 fully saturated rings. The second-order valence-electron chi connectivity index (χ2n) is 4.01. The van der Waals surface area contributed by atoms with Crippen molar-refractivity contribution in [1.82, 2.24) is 19.9 Å². The highest BCUT2D eigenvalue weighted by molar-refractivity contribution is 5.86. The summed E-state index contributed by atoms with van der Waals surface area (Å²) in [5.41, 5.74) is 0.437. The van der Waals surface area contributed by atoms with Crippen molar-refractivity contribution in [2.24, 2.45) is 0 Å². The minimum absolute atomic E-state index is 0.0277. The third kappa shape index (κ3) is 3.06. The monoisotopic (exact) mass is 254 g/mol. The number of carboxylic acids is 1. The first-order chi connectivity index (χ1) is 8.51. The van der Waals surface area contributed by atoms with E-state index in [0.717, 1.165) is 6.42 Å². The molecule has 1 rings (SSSR count). The third-order valence-corrected chi connectivity index (χ3v) is 2.71. The molecule has 0 radical (unpaired) electrons. The molecule has 0 unspecified atom stereocenters. The Labute approximate surface area is 105 Å². The molecule has 1 amide bonds. The van der Waals surface area contributed by atoms with Crippen LogP contribution in [0.5, 0.6) is 0 Å². The van der Waals surface area contributed by atoms with Crippen molar-refractivity contribution in [2.45, 2.75) is 33.2 Å². The van der Waals surface area contributed by atoms with E-state index < -0.39 is 5.97 Å². The van der Waals surface area contributed by atoms with Crippen molar-refractivity contribution in [3.8, 4) is 0 Å². The number of aromatic nitrogens is 3. The van der Waals surface area contributed by atoms with Crippen LogP contribution in [0.15, 0.2) is 0 Å². The number of hydrogen-bond acceptors (Lipinski definition) is 4. The molecule has 7 heteroatoms. The molecule has 0 saturated carbocycles. The summed E-state index contributed by atoms with van der Waals surface area (Å²) in [5, 5.41) is 16.4. The van der Waals surface area contributed by atoms with Crippen molar-refractivity contribution >= 4 is 11.9 Å². The van der Waals surface area contributed by atoms with E-state index in [2.05, 4.69) is 10.3 Å². The maximum absolute atomic E-state index is 11.8. The van der Waals surface area contributed by atoms with E-state index in [9.17, 15) is 9.59 Å². The standard InChI is InChI=1S/C11H18N4O3/c1-4-6-8-10(11(17)18)12-13-15(8)7-9(16)14(3)5-2/h4-7H2,1-3H3,(H,17,18). The van der Waals surface area contributed by atoms with Crippen LogP contribution < -0.4 is 0 Å². The maximum atomic E-state index is 11.8. The maximum Gasteiger partial charge on any atom is 0.358 e. The van der Waals surface area contributed by atoms with Gasteiger partial charge in [0, 0.05) is 13.6 Å². The van der Waals surface area contributed by atoms with Crippen LogP contribution in [-0.2, 0) is 17.8 Å². The number of carbonyl (C=O) groups is 2. The summed E-state index contributed by atoms with van der Waals surface area (Å²) in [6, 6.07) is 0. The number of likely N-dealkylation sites (N-methyl/N-ethyl adjacent to an activating group) is 1. The van der Waals surface area contributed by atoms with E-state index in [1.54, 1.807) is 11.9 Å². The number of hydrogen-bond donors (Lipinski definition) is 1. The first kappa shape index (κ1) is 14.1. The zero-order valence-corrected chi connectivity index (χ0v) is 10.9. The van der Waals surface area contributed by atoms with Gasteiger partial charge in [-0.3, -0.25) is 4.79 Å². The molecule has 0 aromatic carbocycles. The quantitative estimate of drug-likeness (QED) is 0.794. The van der Waals surface area contributed by atoms with E-state index in [-0.39, 0.29) is 18.1 Å². The van der Waals surface area contributed by atoms with Crippen molar-refractivity contribution in [3.05, 3.63) is 11.4 Å². The average molecular weight is 254 g/mol. The predicted octanol–water partition coefficient (Wildman–Crippen LogP) is 0.407. The van der Waals surface area contributed by atoms with E-state index in [4.69, 9.17) is 5.11 Å². The van der Waals surface area contributed by atoms with Crippen LogP contribution in [0, 0.1) is 0 Å². The first-order valence-corrected chi connectivity index (χ1v) is 5.90. The number of nitrogens with zero attached hydrogens (tertiary/aromatic N) is 4. The van der Waals surface area contributed by atoms with Gasteiger partial charge in [-0.1, -0.05) is 18.6 Å². The lowest BCUT2D eigenvalue weighted by atomic mass is 10.2. The van der Waals surface area contributed by atoms with Crippen molar-refractivity contribution in [2.75, 3.05) is 13.6 Å². The SMILES string of the molecule is CCCc1c(C(=O)O)nnn1CC(=O)N(C)CC. The molecule has 0 aliphatic carbocycles. The zero-order chi connectivity index (χ0) is 13.7. The molecule has 1 N–H and O–H groups in total. The van der Waals surface area contributed by atoms with Crippen LogP contribution in [0.25, 0.3) is 0 Å². The second kappa shape index (κ2) is 6.13. The average Bonchev–Trinajstić information content (AvgIpc) is 2.72. The molecule has 0 aliphatic heterocycles. The van der Waals surface area contributed by atoms with Gasteiger partial charge in [-0.2, -0.15) is 0 Å². The van der Waals surface area contributed by atoms with Crippen LogP contribution in [0.1, 0.15) is 36.5 Å². The van der Waals surface area contributed by atoms with Crippen molar-refractivity contribution < 1.29 is 14.7 Å². The molecule has 0 saturated heterocycles. The van der Waals surface area contributed by atoms with E-state index >= 15 is 0 Å². The summed E-state index contributed by atoms with van der Waals surface area (Å²) in [4.78, 5) is 24.3. The fourth-order valence-corrected chi connectivity index (χ4v) is 1.54. The van der Waals surface area contributed by atoms with Crippen LogP contribution >= 0.6 is 0 Å². The Kier molecular flexibility index (Phi) is 4.82. The lowest BCUT2D eigenvalue weighted by Gasteiger charge is -2.14. The van der Waals surface area contributed by atoms with Gasteiger partial charge in [0.05, 0.1) is 5.69 Å². The first-order valence-electron chi connectivity index (χ1n) is 5.90. The normalized spacial score (nSPS) is 10.4. The predicted molar refractivity (Wildman–Crippen MR) is 64.3 cm³/mol. The number of amides is 1. The Bertz CT molecular complexity index is 441. The molecule has 1 heterocycles. The summed E-state index contributed by atoms with van der Waals surface area (Å²) < 4.78 is 1.38. The summed E-state index contributed by atoms with van der Waals surface area (Å²) >= 11 is 0. The van der Waals surface area contributed by atoms with Crippen molar-refractivity contribution in [1.29, 1.82) is 0 Å². The van der Waals surface area contributed by atoms with Gasteiger partial charge >= 0.3 is 5.97 Å². The Morgan fingerprint density at radius 3 is 2.56 bits per heavy atom. The van der Waals surface area contributed by atoms with Crippen molar-refractivity contribution in [3.63, 3.8) is 0 Å². The fourth-order valence-electron chi connectivity index (χ4n) is 1.54. The molecule has 0 bridgehead atoms. The smallest absolute Gasteiger partial charge is 0.358 e. The molecule has 18 heavy (non-hydrogen) atoms. The third-order valence-electron chi connectivity index (χ3n) is 2.71. The number of carbonyl (C=O) groups excluding carboxylic acids is 1. The van der Waals surface area contributed by atoms with E-state index in [1.807, 2.05) is 13.8 Å². The van der Waals surface area contributed by atoms with Crippen LogP contribution in [0.2, 0.25) is 0 Å². The molecular formula is C11H18N4O3. The molecule has 100 valence electrons. The fraction of sp³-hybridized carbons (Fsp3) is 0.636. The zero-order valence-electron chi connectivity index (χ0n) is 10.9. The van der Waals surface area contributed by atoms with E-state index in [0.29, 0.717) is 18.7 Å². The van der Waals surface area contributed by atoms with Gasteiger partial charge in [0.2, 0.25) is 5.91 Å². The summed E-state index contributed by atoms with van der Waals surface area (Å²) in [6.07, 6.45) is 1.31. The molecule has 1 aromatic heterocycles. The van der Waals surface area contributed by atoms with Gasteiger partial charge in [0.1, 0.15) is 6.54 Å². The Hall–Kier alpha value is -1.92. The Morgan fingerprint density at radius 1 is 1.39 bits per heavy atom. The lowest BCUT2D eigenvalue weighted by Crippen LogP contribution is -2.30. The molecule has 0 aliphatic rings. The molecule has 0 atom stereocenters. The van der Waals surface area contributed by atoms with Crippen LogP contribution in [0.3, 0.4) is 0 Å². The van der Waals surface area contributed by atoms with Gasteiger partial charge in [-0.15, -0.1) is 5.10 Å². The Balaban J connectivity index is 2.95. The number of rotatable bonds is 6. The van der Waals surface area contributed by atoms with Gasteiger partial charge < -0.3 is 10.0 Å². The Morgan fingerprint density at radius 2 is 2.06 bits per heavy atom. The highest BCUT2D eigenvalue weighted by Gasteiger charge is 2.20. The van der Waals surface area contributed by atoms with Gasteiger partial charge in [0.15, 0.2) is 5.69 Å². The topological polar surface area (TPSA) is 88.3 Å². The highest BCUT2D eigenvalue weighted by atomic mass is 16.4. The second-order valence-corrected chi connectivity index (χ2v) is 4.01. The molecule has 0 spiro atoms.